The highest BCUT2D eigenvalue weighted by Crippen LogP contribution is 2.17. The number of hydrogen-bond acceptors (Lipinski definition) is 4. The fourth-order valence-electron chi connectivity index (χ4n) is 1.35. The van der Waals surface area contributed by atoms with E-state index in [9.17, 15) is 4.79 Å². The number of nitrogen functional groups attached to an aromatic ring is 1. The van der Waals surface area contributed by atoms with E-state index in [1.807, 2.05) is 12.1 Å². The Balaban J connectivity index is 2.51. The van der Waals surface area contributed by atoms with Crippen LogP contribution < -0.4 is 22.1 Å². The van der Waals surface area contributed by atoms with Crippen LogP contribution in [0, 0.1) is 11.3 Å². The second-order valence-corrected chi connectivity index (χ2v) is 3.47. The zero-order chi connectivity index (χ0) is 12.7. The number of benzene rings is 1. The van der Waals surface area contributed by atoms with Crippen LogP contribution in [0.2, 0.25) is 0 Å². The molecule has 0 saturated heterocycles. The first-order valence-electron chi connectivity index (χ1n) is 5.16. The molecule has 0 aliphatic heterocycles. The number of nitrogens with one attached hydrogen (secondary N) is 2. The minimum Gasteiger partial charge on any atom is -0.398 e. The summed E-state index contributed by atoms with van der Waals surface area (Å²) in [5.74, 6) is 0. The van der Waals surface area contributed by atoms with Gasteiger partial charge in [0.2, 0.25) is 0 Å². The molecule has 90 valence electrons. The second-order valence-electron chi connectivity index (χ2n) is 3.47. The van der Waals surface area contributed by atoms with Crippen molar-refractivity contribution in [3.8, 4) is 6.07 Å². The van der Waals surface area contributed by atoms with E-state index in [0.29, 0.717) is 18.8 Å². The summed E-state index contributed by atoms with van der Waals surface area (Å²) in [6.45, 7) is 0.992. The molecule has 6 nitrogen and oxygen atoms in total. The lowest BCUT2D eigenvalue weighted by Crippen LogP contribution is -2.33. The lowest BCUT2D eigenvalue weighted by molar-refractivity contribution is 0.249. The number of nitrogens with zero attached hydrogens (tertiary/aromatic N) is 1. The molecule has 1 aromatic carbocycles. The maximum absolute atomic E-state index is 10.4. The molecule has 0 aromatic heterocycles. The third kappa shape index (κ3) is 4.30. The van der Waals surface area contributed by atoms with E-state index in [4.69, 9.17) is 16.7 Å². The van der Waals surface area contributed by atoms with Gasteiger partial charge in [-0.1, -0.05) is 0 Å². The maximum atomic E-state index is 10.4. The molecular weight excluding hydrogens is 218 g/mol. The van der Waals surface area contributed by atoms with E-state index in [1.54, 1.807) is 6.07 Å². The van der Waals surface area contributed by atoms with Crippen LogP contribution in [0.25, 0.3) is 0 Å². The molecule has 2 amide bonds. The average Bonchev–Trinajstić information content (AvgIpc) is 2.28. The van der Waals surface area contributed by atoms with Gasteiger partial charge in [0.05, 0.1) is 12.5 Å². The summed E-state index contributed by atoms with van der Waals surface area (Å²) in [7, 11) is 0. The molecule has 0 aliphatic carbocycles. The quantitative estimate of drug-likeness (QED) is 0.435. The minimum absolute atomic E-state index is 0.279. The van der Waals surface area contributed by atoms with E-state index in [1.165, 1.54) is 0 Å². The number of rotatable bonds is 5. The van der Waals surface area contributed by atoms with Gasteiger partial charge in [-0.05, 0) is 23.8 Å². The molecule has 0 heterocycles. The number of urea groups is 1. The normalized spacial score (nSPS) is 9.35. The van der Waals surface area contributed by atoms with Gasteiger partial charge >= 0.3 is 6.03 Å². The first-order chi connectivity index (χ1) is 8.13. The fourth-order valence-corrected chi connectivity index (χ4v) is 1.35. The Morgan fingerprint density at radius 3 is 2.82 bits per heavy atom. The summed E-state index contributed by atoms with van der Waals surface area (Å²) in [6, 6.07) is 6.89. The summed E-state index contributed by atoms with van der Waals surface area (Å²) in [5.41, 5.74) is 12.9. The number of nitrogens with two attached hydrogens (primary N) is 2. The van der Waals surface area contributed by atoms with Crippen LogP contribution in [0.3, 0.4) is 0 Å². The Hall–Kier alpha value is -2.42. The molecule has 6 heteroatoms. The summed E-state index contributed by atoms with van der Waals surface area (Å²) in [6.07, 6.45) is 0.279. The number of carbonyl (C=O) groups excluding carboxylic acids is 1. The van der Waals surface area contributed by atoms with Gasteiger partial charge < -0.3 is 22.1 Å². The first-order valence-corrected chi connectivity index (χ1v) is 5.16. The van der Waals surface area contributed by atoms with Crippen molar-refractivity contribution in [2.45, 2.75) is 6.42 Å². The summed E-state index contributed by atoms with van der Waals surface area (Å²) in [5, 5.41) is 14.2. The first kappa shape index (κ1) is 12.6. The number of primary amides is 1. The SMILES string of the molecule is N#CCc1cc(NCCNC(N)=O)ccc1N. The summed E-state index contributed by atoms with van der Waals surface area (Å²) < 4.78 is 0. The summed E-state index contributed by atoms with van der Waals surface area (Å²) >= 11 is 0. The Bertz CT molecular complexity index is 438. The molecule has 1 aromatic rings. The maximum Gasteiger partial charge on any atom is 0.312 e. The highest BCUT2D eigenvalue weighted by molar-refractivity contribution is 5.71. The van der Waals surface area contributed by atoms with Gasteiger partial charge in [-0.25, -0.2) is 4.79 Å². The van der Waals surface area contributed by atoms with Crippen LogP contribution in [0.5, 0.6) is 0 Å². The lowest BCUT2D eigenvalue weighted by atomic mass is 10.1. The molecular formula is C11H15N5O. The predicted molar refractivity (Wildman–Crippen MR) is 66.2 cm³/mol. The van der Waals surface area contributed by atoms with Crippen LogP contribution in [0.1, 0.15) is 5.56 Å². The molecule has 0 unspecified atom stereocenters. The lowest BCUT2D eigenvalue weighted by Gasteiger charge is -2.09. The number of hydrogen-bond donors (Lipinski definition) is 4. The molecule has 0 atom stereocenters. The topological polar surface area (TPSA) is 117 Å². The molecule has 0 radical (unpaired) electrons. The molecule has 0 fully saturated rings. The summed E-state index contributed by atoms with van der Waals surface area (Å²) in [4.78, 5) is 10.4. The van der Waals surface area contributed by atoms with Crippen molar-refractivity contribution in [3.63, 3.8) is 0 Å². The molecule has 0 spiro atoms. The highest BCUT2D eigenvalue weighted by atomic mass is 16.2. The van der Waals surface area contributed by atoms with Gasteiger partial charge in [0.1, 0.15) is 0 Å². The Morgan fingerprint density at radius 1 is 1.41 bits per heavy atom. The minimum atomic E-state index is -0.547. The third-order valence-corrected chi connectivity index (χ3v) is 2.17. The van der Waals surface area contributed by atoms with Crippen molar-refractivity contribution < 1.29 is 4.79 Å². The van der Waals surface area contributed by atoms with Gasteiger partial charge in [-0.15, -0.1) is 0 Å². The largest absolute Gasteiger partial charge is 0.398 e. The van der Waals surface area contributed by atoms with Crippen LogP contribution in [-0.2, 0) is 6.42 Å². The van der Waals surface area contributed by atoms with Crippen molar-refractivity contribution >= 4 is 17.4 Å². The van der Waals surface area contributed by atoms with Gasteiger partial charge in [0.25, 0.3) is 0 Å². The monoisotopic (exact) mass is 233 g/mol. The van der Waals surface area contributed by atoms with Gasteiger partial charge in [0, 0.05) is 24.5 Å². The van der Waals surface area contributed by atoms with Crippen molar-refractivity contribution in [2.24, 2.45) is 5.73 Å². The molecule has 17 heavy (non-hydrogen) atoms. The number of anilines is 2. The Kier molecular flexibility index (Phi) is 4.63. The predicted octanol–water partition coefficient (Wildman–Crippen LogP) is 0.415. The van der Waals surface area contributed by atoms with Crippen molar-refractivity contribution in [3.05, 3.63) is 23.8 Å². The van der Waals surface area contributed by atoms with Crippen molar-refractivity contribution in [1.82, 2.24) is 5.32 Å². The third-order valence-electron chi connectivity index (χ3n) is 2.17. The molecule has 1 rings (SSSR count). The van der Waals surface area contributed by atoms with Crippen LogP contribution in [0.15, 0.2) is 18.2 Å². The van der Waals surface area contributed by atoms with Crippen LogP contribution in [-0.4, -0.2) is 19.1 Å². The van der Waals surface area contributed by atoms with E-state index in [0.717, 1.165) is 11.3 Å². The number of nitriles is 1. The van der Waals surface area contributed by atoms with Crippen LogP contribution in [0.4, 0.5) is 16.2 Å². The van der Waals surface area contributed by atoms with Crippen molar-refractivity contribution in [1.29, 1.82) is 5.26 Å². The molecule has 0 aliphatic rings. The molecule has 0 bridgehead atoms. The van der Waals surface area contributed by atoms with Gasteiger partial charge in [-0.3, -0.25) is 0 Å². The standard InChI is InChI=1S/C11H15N5O/c12-4-3-8-7-9(1-2-10(8)13)15-5-6-16-11(14)17/h1-2,7,15H,3,5-6,13H2,(H3,14,16,17). The smallest absolute Gasteiger partial charge is 0.312 e. The zero-order valence-corrected chi connectivity index (χ0v) is 9.36. The molecule has 6 N–H and O–H groups in total. The number of amides is 2. The fraction of sp³-hybridized carbons (Fsp3) is 0.273. The van der Waals surface area contributed by atoms with Gasteiger partial charge in [0.15, 0.2) is 0 Å². The van der Waals surface area contributed by atoms with E-state index >= 15 is 0 Å². The van der Waals surface area contributed by atoms with E-state index in [-0.39, 0.29) is 6.42 Å². The van der Waals surface area contributed by atoms with Gasteiger partial charge in [-0.2, -0.15) is 5.26 Å². The zero-order valence-electron chi connectivity index (χ0n) is 9.36. The van der Waals surface area contributed by atoms with Crippen LogP contribution >= 0.6 is 0 Å². The average molecular weight is 233 g/mol. The molecule has 0 saturated carbocycles. The number of carbonyl (C=O) groups is 1. The van der Waals surface area contributed by atoms with E-state index in [2.05, 4.69) is 16.7 Å². The second kappa shape index (κ2) is 6.23. The Labute approximate surface area is 99.6 Å². The van der Waals surface area contributed by atoms with Crippen molar-refractivity contribution in [2.75, 3.05) is 24.1 Å². The van der Waals surface area contributed by atoms with E-state index < -0.39 is 6.03 Å². The highest BCUT2D eigenvalue weighted by Gasteiger charge is 2.00. The Morgan fingerprint density at radius 2 is 2.18 bits per heavy atom.